The lowest BCUT2D eigenvalue weighted by Crippen LogP contribution is -2.36. The molecule has 0 aromatic heterocycles. The lowest BCUT2D eigenvalue weighted by atomic mass is 10.1. The van der Waals surface area contributed by atoms with E-state index in [4.69, 9.17) is 0 Å². The van der Waals surface area contributed by atoms with Crippen molar-refractivity contribution in [3.05, 3.63) is 53.1 Å². The third-order valence-corrected chi connectivity index (χ3v) is 8.14. The van der Waals surface area contributed by atoms with Crippen molar-refractivity contribution in [1.82, 2.24) is 4.31 Å². The summed E-state index contributed by atoms with van der Waals surface area (Å²) in [7, 11) is -3.59. The van der Waals surface area contributed by atoms with E-state index in [1.54, 1.807) is 23.4 Å². The van der Waals surface area contributed by atoms with Crippen LogP contribution in [0.15, 0.2) is 41.3 Å². The van der Waals surface area contributed by atoms with Crippen molar-refractivity contribution in [2.24, 2.45) is 0 Å². The molecule has 1 saturated heterocycles. The van der Waals surface area contributed by atoms with E-state index in [1.807, 2.05) is 12.1 Å². The molecule has 6 nitrogen and oxygen atoms in total. The minimum atomic E-state index is -3.59. The van der Waals surface area contributed by atoms with Gasteiger partial charge in [-0.05, 0) is 68.5 Å². The molecule has 2 aromatic rings. The van der Waals surface area contributed by atoms with E-state index in [2.05, 4.69) is 23.2 Å². The van der Waals surface area contributed by atoms with Crippen LogP contribution in [-0.2, 0) is 16.4 Å². The predicted octanol–water partition coefficient (Wildman–Crippen LogP) is 3.80. The number of sulfonamides is 1. The third kappa shape index (κ3) is 3.96. The van der Waals surface area contributed by atoms with E-state index in [0.29, 0.717) is 24.2 Å². The average Bonchev–Trinajstić information content (AvgIpc) is 3.17. The van der Waals surface area contributed by atoms with Crippen molar-refractivity contribution in [1.29, 1.82) is 0 Å². The molecule has 30 heavy (non-hydrogen) atoms. The molecule has 0 saturated carbocycles. The van der Waals surface area contributed by atoms with Crippen LogP contribution >= 0.6 is 0 Å². The number of nitrogens with zero attached hydrogens (tertiary/aromatic N) is 2. The van der Waals surface area contributed by atoms with Crippen molar-refractivity contribution >= 4 is 27.3 Å². The van der Waals surface area contributed by atoms with Gasteiger partial charge in [-0.15, -0.1) is 0 Å². The Balaban J connectivity index is 1.58. The first-order valence-corrected chi connectivity index (χ1v) is 12.1. The molecule has 2 aliphatic rings. The van der Waals surface area contributed by atoms with Gasteiger partial charge in [-0.3, -0.25) is 4.79 Å². The van der Waals surface area contributed by atoms with Gasteiger partial charge in [0, 0.05) is 43.1 Å². The van der Waals surface area contributed by atoms with Gasteiger partial charge in [0.25, 0.3) is 5.91 Å². The molecule has 7 heteroatoms. The molecule has 160 valence electrons. The number of likely N-dealkylation sites (N-methyl/N-ethyl adjacent to an activating group) is 1. The van der Waals surface area contributed by atoms with Gasteiger partial charge in [-0.2, -0.15) is 4.31 Å². The highest BCUT2D eigenvalue weighted by atomic mass is 32.2. The topological polar surface area (TPSA) is 69.7 Å². The minimum absolute atomic E-state index is 0.225. The number of carbonyl (C=O) groups is 1. The lowest BCUT2D eigenvalue weighted by molar-refractivity contribution is 0.102. The summed E-state index contributed by atoms with van der Waals surface area (Å²) in [6, 6.07) is 10.9. The van der Waals surface area contributed by atoms with Crippen LogP contribution in [-0.4, -0.2) is 44.8 Å². The summed E-state index contributed by atoms with van der Waals surface area (Å²) < 4.78 is 27.8. The van der Waals surface area contributed by atoms with Crippen LogP contribution in [0.25, 0.3) is 0 Å². The van der Waals surface area contributed by atoms with Gasteiger partial charge in [0.2, 0.25) is 10.0 Å². The van der Waals surface area contributed by atoms with Gasteiger partial charge >= 0.3 is 0 Å². The Bertz CT molecular complexity index is 1060. The monoisotopic (exact) mass is 427 g/mol. The maximum atomic E-state index is 13.1. The van der Waals surface area contributed by atoms with E-state index < -0.39 is 10.0 Å². The molecule has 4 rings (SSSR count). The molecule has 2 aromatic carbocycles. The standard InChI is InChI=1S/C23H29N3O3S/c1-3-25-14-11-18-9-10-20(16-21(18)25)24-23(27)19-8-7-17(2)22(15-19)30(28,29)26-12-5-4-6-13-26/h7-10,15-16H,3-6,11-14H2,1-2H3,(H,24,27). The Morgan fingerprint density at radius 2 is 1.80 bits per heavy atom. The van der Waals surface area contributed by atoms with Crippen molar-refractivity contribution in [2.45, 2.75) is 44.4 Å². The maximum Gasteiger partial charge on any atom is 0.255 e. The minimum Gasteiger partial charge on any atom is -0.371 e. The molecule has 0 radical (unpaired) electrons. The fraction of sp³-hybridized carbons (Fsp3) is 0.435. The van der Waals surface area contributed by atoms with Gasteiger partial charge in [0.15, 0.2) is 0 Å². The van der Waals surface area contributed by atoms with Crippen molar-refractivity contribution in [3.8, 4) is 0 Å². The summed E-state index contributed by atoms with van der Waals surface area (Å²) >= 11 is 0. The Hall–Kier alpha value is -2.38. The molecule has 0 spiro atoms. The second-order valence-electron chi connectivity index (χ2n) is 8.07. The number of piperidine rings is 1. The van der Waals surface area contributed by atoms with E-state index in [0.717, 1.165) is 50.1 Å². The van der Waals surface area contributed by atoms with E-state index >= 15 is 0 Å². The number of aryl methyl sites for hydroxylation is 1. The van der Waals surface area contributed by atoms with Gasteiger partial charge in [-0.1, -0.05) is 18.6 Å². The Morgan fingerprint density at radius 3 is 2.53 bits per heavy atom. The molecule has 0 bridgehead atoms. The third-order valence-electron chi connectivity index (χ3n) is 6.10. The predicted molar refractivity (Wildman–Crippen MR) is 120 cm³/mol. The molecule has 1 N–H and O–H groups in total. The molecule has 0 aliphatic carbocycles. The van der Waals surface area contributed by atoms with E-state index in [1.165, 1.54) is 11.6 Å². The molecular weight excluding hydrogens is 398 g/mol. The lowest BCUT2D eigenvalue weighted by Gasteiger charge is -2.26. The summed E-state index contributed by atoms with van der Waals surface area (Å²) in [6.07, 6.45) is 3.84. The number of benzene rings is 2. The van der Waals surface area contributed by atoms with Crippen LogP contribution in [0, 0.1) is 6.92 Å². The fourth-order valence-corrected chi connectivity index (χ4v) is 6.09. The first kappa shape index (κ1) is 20.9. The number of carbonyl (C=O) groups excluding carboxylic acids is 1. The highest BCUT2D eigenvalue weighted by Crippen LogP contribution is 2.31. The summed E-state index contributed by atoms with van der Waals surface area (Å²) in [5.41, 5.74) is 4.19. The SMILES string of the molecule is CCN1CCc2ccc(NC(=O)c3ccc(C)c(S(=O)(=O)N4CCCCC4)c3)cc21. The average molecular weight is 428 g/mol. The number of nitrogens with one attached hydrogen (secondary N) is 1. The van der Waals surface area contributed by atoms with Crippen LogP contribution in [0.2, 0.25) is 0 Å². The molecule has 0 unspecified atom stereocenters. The van der Waals surface area contributed by atoms with Gasteiger partial charge in [-0.25, -0.2) is 8.42 Å². The Kier molecular flexibility index (Phi) is 5.84. The number of amides is 1. The van der Waals surface area contributed by atoms with Crippen LogP contribution in [0.3, 0.4) is 0 Å². The summed E-state index contributed by atoms with van der Waals surface area (Å²) in [4.78, 5) is 15.4. The normalized spacial score (nSPS) is 17.1. The van der Waals surface area contributed by atoms with Crippen LogP contribution in [0.4, 0.5) is 11.4 Å². The second-order valence-corrected chi connectivity index (χ2v) is 9.98. The molecule has 0 atom stereocenters. The highest BCUT2D eigenvalue weighted by molar-refractivity contribution is 7.89. The van der Waals surface area contributed by atoms with Crippen LogP contribution < -0.4 is 10.2 Å². The van der Waals surface area contributed by atoms with Gasteiger partial charge in [0.1, 0.15) is 0 Å². The van der Waals surface area contributed by atoms with Crippen molar-refractivity contribution in [2.75, 3.05) is 36.4 Å². The summed E-state index contributed by atoms with van der Waals surface area (Å²) in [5.74, 6) is -0.300. The first-order valence-electron chi connectivity index (χ1n) is 10.7. The second kappa shape index (κ2) is 8.40. The smallest absolute Gasteiger partial charge is 0.255 e. The quantitative estimate of drug-likeness (QED) is 0.788. The van der Waals surface area contributed by atoms with Gasteiger partial charge < -0.3 is 10.2 Å². The largest absolute Gasteiger partial charge is 0.371 e. The fourth-order valence-electron chi connectivity index (χ4n) is 4.32. The number of hydrogen-bond acceptors (Lipinski definition) is 4. The Labute approximate surface area is 178 Å². The maximum absolute atomic E-state index is 13.1. The molecular formula is C23H29N3O3S. The van der Waals surface area contributed by atoms with Crippen molar-refractivity contribution in [3.63, 3.8) is 0 Å². The summed E-state index contributed by atoms with van der Waals surface area (Å²) in [6.45, 7) is 6.91. The van der Waals surface area contributed by atoms with Crippen LogP contribution in [0.1, 0.15) is 47.7 Å². The Morgan fingerprint density at radius 1 is 1.03 bits per heavy atom. The number of anilines is 2. The molecule has 2 aliphatic heterocycles. The molecule has 1 amide bonds. The van der Waals surface area contributed by atoms with Gasteiger partial charge in [0.05, 0.1) is 4.90 Å². The van der Waals surface area contributed by atoms with Crippen LogP contribution in [0.5, 0.6) is 0 Å². The van der Waals surface area contributed by atoms with E-state index in [9.17, 15) is 13.2 Å². The van der Waals surface area contributed by atoms with E-state index in [-0.39, 0.29) is 10.8 Å². The molecule has 2 heterocycles. The number of hydrogen-bond donors (Lipinski definition) is 1. The summed E-state index contributed by atoms with van der Waals surface area (Å²) in [5, 5.41) is 2.94. The molecule has 1 fully saturated rings. The number of rotatable bonds is 5. The van der Waals surface area contributed by atoms with Crippen molar-refractivity contribution < 1.29 is 13.2 Å². The first-order chi connectivity index (χ1) is 14.4. The zero-order chi connectivity index (χ0) is 21.3. The highest BCUT2D eigenvalue weighted by Gasteiger charge is 2.28. The zero-order valence-corrected chi connectivity index (χ0v) is 18.5. The zero-order valence-electron chi connectivity index (χ0n) is 17.6. The number of fused-ring (bicyclic) bond motifs is 1.